The van der Waals surface area contributed by atoms with E-state index < -0.39 is 0 Å². The summed E-state index contributed by atoms with van der Waals surface area (Å²) >= 11 is 0. The van der Waals surface area contributed by atoms with Crippen LogP contribution in [0.25, 0.3) is 0 Å². The Labute approximate surface area is 101 Å². The fourth-order valence-electron chi connectivity index (χ4n) is 1.82. The van der Waals surface area contributed by atoms with Gasteiger partial charge in [-0.05, 0) is 18.2 Å². The lowest BCUT2D eigenvalue weighted by Crippen LogP contribution is -3.05. The maximum atomic E-state index is 11.9. The van der Waals surface area contributed by atoms with Crippen LogP contribution in [0.5, 0.6) is 11.5 Å². The van der Waals surface area contributed by atoms with Crippen LogP contribution in [0.3, 0.4) is 0 Å². The molecule has 0 bridgehead atoms. The molecule has 1 aromatic carbocycles. The highest BCUT2D eigenvalue weighted by atomic mass is 16.7. The Morgan fingerprint density at radius 3 is 2.82 bits per heavy atom. The van der Waals surface area contributed by atoms with Gasteiger partial charge in [0.2, 0.25) is 6.79 Å². The van der Waals surface area contributed by atoms with Crippen LogP contribution in [-0.4, -0.2) is 33.2 Å². The Bertz CT molecular complexity index is 415. The van der Waals surface area contributed by atoms with Gasteiger partial charge in [-0.25, -0.2) is 0 Å². The van der Waals surface area contributed by atoms with Gasteiger partial charge in [0.25, 0.3) is 0 Å². The molecule has 1 N–H and O–H groups in total. The number of hydrogen-bond acceptors (Lipinski definition) is 3. The lowest BCUT2D eigenvalue weighted by Gasteiger charge is -2.06. The monoisotopic (exact) mass is 236 g/mol. The third kappa shape index (κ3) is 2.97. The van der Waals surface area contributed by atoms with Crippen LogP contribution in [0.4, 0.5) is 0 Å². The number of carbonyl (C=O) groups is 1. The van der Waals surface area contributed by atoms with Gasteiger partial charge in [-0.2, -0.15) is 0 Å². The van der Waals surface area contributed by atoms with Crippen LogP contribution in [0, 0.1) is 0 Å². The molecule has 0 atom stereocenters. The molecule has 1 aromatic rings. The second-order valence-electron chi connectivity index (χ2n) is 4.55. The minimum Gasteiger partial charge on any atom is -0.454 e. The number of rotatable bonds is 5. The SMILES string of the molecule is C[NH+](C)CCCC(=O)c1ccc2c(c1)OCO2. The highest BCUT2D eigenvalue weighted by Crippen LogP contribution is 2.32. The summed E-state index contributed by atoms with van der Waals surface area (Å²) < 4.78 is 10.5. The predicted octanol–water partition coefficient (Wildman–Crippen LogP) is 0.523. The van der Waals surface area contributed by atoms with E-state index in [1.54, 1.807) is 18.2 Å². The van der Waals surface area contributed by atoms with Crippen molar-refractivity contribution in [2.24, 2.45) is 0 Å². The van der Waals surface area contributed by atoms with Gasteiger partial charge in [-0.1, -0.05) is 0 Å². The zero-order valence-corrected chi connectivity index (χ0v) is 10.3. The molecular weight excluding hydrogens is 218 g/mol. The smallest absolute Gasteiger partial charge is 0.231 e. The number of nitrogens with one attached hydrogen (secondary N) is 1. The third-order valence-electron chi connectivity index (χ3n) is 2.78. The zero-order chi connectivity index (χ0) is 12.3. The molecule has 1 heterocycles. The van der Waals surface area contributed by atoms with E-state index in [-0.39, 0.29) is 12.6 Å². The largest absolute Gasteiger partial charge is 0.454 e. The molecule has 92 valence electrons. The normalized spacial score (nSPS) is 13.1. The van der Waals surface area contributed by atoms with Gasteiger partial charge in [0.15, 0.2) is 17.3 Å². The fourth-order valence-corrected chi connectivity index (χ4v) is 1.82. The molecular formula is C13H18NO3+. The Kier molecular flexibility index (Phi) is 3.64. The van der Waals surface area contributed by atoms with Crippen molar-refractivity contribution in [2.45, 2.75) is 12.8 Å². The van der Waals surface area contributed by atoms with Crippen LogP contribution in [-0.2, 0) is 0 Å². The number of hydrogen-bond donors (Lipinski definition) is 1. The summed E-state index contributed by atoms with van der Waals surface area (Å²) in [6.45, 7) is 1.26. The van der Waals surface area contributed by atoms with Gasteiger partial charge in [0.1, 0.15) is 0 Å². The highest BCUT2D eigenvalue weighted by molar-refractivity contribution is 5.96. The fraction of sp³-hybridized carbons (Fsp3) is 0.462. The summed E-state index contributed by atoms with van der Waals surface area (Å²) in [4.78, 5) is 13.3. The van der Waals surface area contributed by atoms with Crippen molar-refractivity contribution in [3.8, 4) is 11.5 Å². The molecule has 0 saturated heterocycles. The van der Waals surface area contributed by atoms with Gasteiger partial charge in [-0.3, -0.25) is 4.79 Å². The number of ketones is 1. The van der Waals surface area contributed by atoms with Crippen LogP contribution in [0.1, 0.15) is 23.2 Å². The number of ether oxygens (including phenoxy) is 2. The average molecular weight is 236 g/mol. The van der Waals surface area contributed by atoms with E-state index in [1.165, 1.54) is 4.90 Å². The highest BCUT2D eigenvalue weighted by Gasteiger charge is 2.16. The molecule has 0 fully saturated rings. The average Bonchev–Trinajstić information content (AvgIpc) is 2.75. The molecule has 0 aromatic heterocycles. The van der Waals surface area contributed by atoms with Gasteiger partial charge in [0.05, 0.1) is 20.6 Å². The first-order valence-corrected chi connectivity index (χ1v) is 5.88. The topological polar surface area (TPSA) is 40.0 Å². The van der Waals surface area contributed by atoms with Crippen LogP contribution in [0.2, 0.25) is 0 Å². The lowest BCUT2D eigenvalue weighted by atomic mass is 10.1. The van der Waals surface area contributed by atoms with Crippen molar-refractivity contribution in [1.82, 2.24) is 0 Å². The first-order chi connectivity index (χ1) is 8.16. The molecule has 0 amide bonds. The third-order valence-corrected chi connectivity index (χ3v) is 2.78. The molecule has 0 aliphatic carbocycles. The summed E-state index contributed by atoms with van der Waals surface area (Å²) in [6, 6.07) is 5.37. The van der Waals surface area contributed by atoms with E-state index in [9.17, 15) is 4.79 Å². The van der Waals surface area contributed by atoms with E-state index in [2.05, 4.69) is 14.1 Å². The van der Waals surface area contributed by atoms with Crippen molar-refractivity contribution in [2.75, 3.05) is 27.4 Å². The van der Waals surface area contributed by atoms with E-state index >= 15 is 0 Å². The lowest BCUT2D eigenvalue weighted by molar-refractivity contribution is -0.858. The molecule has 17 heavy (non-hydrogen) atoms. The van der Waals surface area contributed by atoms with E-state index in [4.69, 9.17) is 9.47 Å². The minimum atomic E-state index is 0.171. The van der Waals surface area contributed by atoms with Crippen molar-refractivity contribution in [3.05, 3.63) is 23.8 Å². The van der Waals surface area contributed by atoms with E-state index in [0.717, 1.165) is 18.7 Å². The maximum absolute atomic E-state index is 11.9. The Morgan fingerprint density at radius 2 is 2.06 bits per heavy atom. The van der Waals surface area contributed by atoms with Gasteiger partial charge in [0, 0.05) is 18.4 Å². The van der Waals surface area contributed by atoms with Crippen LogP contribution >= 0.6 is 0 Å². The molecule has 0 radical (unpaired) electrons. The number of carbonyl (C=O) groups excluding carboxylic acids is 1. The van der Waals surface area contributed by atoms with Gasteiger partial charge < -0.3 is 14.4 Å². The summed E-state index contributed by atoms with van der Waals surface area (Å²) in [5, 5.41) is 0. The summed E-state index contributed by atoms with van der Waals surface area (Å²) in [5.74, 6) is 1.57. The second-order valence-corrected chi connectivity index (χ2v) is 4.55. The quantitative estimate of drug-likeness (QED) is 0.758. The van der Waals surface area contributed by atoms with Gasteiger partial charge in [-0.15, -0.1) is 0 Å². The molecule has 1 aliphatic heterocycles. The summed E-state index contributed by atoms with van der Waals surface area (Å²) in [6.07, 6.45) is 1.50. The Balaban J connectivity index is 1.95. The van der Waals surface area contributed by atoms with Crippen LogP contribution < -0.4 is 14.4 Å². The molecule has 0 saturated carbocycles. The van der Waals surface area contributed by atoms with Crippen LogP contribution in [0.15, 0.2) is 18.2 Å². The van der Waals surface area contributed by atoms with E-state index in [0.29, 0.717) is 17.7 Å². The molecule has 4 heteroatoms. The molecule has 1 aliphatic rings. The number of quaternary nitrogens is 1. The maximum Gasteiger partial charge on any atom is 0.231 e. The van der Waals surface area contributed by atoms with E-state index in [1.807, 2.05) is 0 Å². The predicted molar refractivity (Wildman–Crippen MR) is 63.8 cm³/mol. The zero-order valence-electron chi connectivity index (χ0n) is 10.3. The summed E-state index contributed by atoms with van der Waals surface area (Å²) in [7, 11) is 4.18. The van der Waals surface area contributed by atoms with Crippen molar-refractivity contribution in [1.29, 1.82) is 0 Å². The molecule has 4 nitrogen and oxygen atoms in total. The number of fused-ring (bicyclic) bond motifs is 1. The first-order valence-electron chi connectivity index (χ1n) is 5.88. The Hall–Kier alpha value is -1.55. The van der Waals surface area contributed by atoms with Crippen molar-refractivity contribution >= 4 is 5.78 Å². The molecule has 0 spiro atoms. The minimum absolute atomic E-state index is 0.171. The van der Waals surface area contributed by atoms with Gasteiger partial charge >= 0.3 is 0 Å². The Morgan fingerprint density at radius 1 is 1.29 bits per heavy atom. The first kappa shape index (κ1) is 11.9. The summed E-state index contributed by atoms with van der Waals surface area (Å²) in [5.41, 5.74) is 0.711. The molecule has 2 rings (SSSR count). The van der Waals surface area contributed by atoms with Crippen molar-refractivity contribution in [3.63, 3.8) is 0 Å². The number of benzene rings is 1. The number of Topliss-reactive ketones (excluding diaryl/α,β-unsaturated/α-hetero) is 1. The molecule has 0 unspecified atom stereocenters. The second kappa shape index (κ2) is 5.19. The van der Waals surface area contributed by atoms with Crippen molar-refractivity contribution < 1.29 is 19.2 Å². The standard InChI is InChI=1S/C13H17NO3/c1-14(2)7-3-4-11(15)10-5-6-12-13(8-10)17-9-16-12/h5-6,8H,3-4,7,9H2,1-2H3/p+1.